The number of aryl methyl sites for hydroxylation is 1. The minimum Gasteiger partial charge on any atom is -0.387 e. The fourth-order valence-electron chi connectivity index (χ4n) is 2.27. The lowest BCUT2D eigenvalue weighted by atomic mass is 10.1. The van der Waals surface area contributed by atoms with Crippen molar-refractivity contribution in [3.63, 3.8) is 0 Å². The van der Waals surface area contributed by atoms with Gasteiger partial charge in [0, 0.05) is 19.9 Å². The van der Waals surface area contributed by atoms with Crippen LogP contribution in [-0.4, -0.2) is 27.6 Å². The molecule has 4 nitrogen and oxygen atoms in total. The van der Waals surface area contributed by atoms with Gasteiger partial charge in [0.05, 0.1) is 17.9 Å². The number of aliphatic hydroxyl groups excluding tert-OH is 1. The van der Waals surface area contributed by atoms with Crippen molar-refractivity contribution in [3.05, 3.63) is 18.0 Å². The molecule has 0 spiro atoms. The van der Waals surface area contributed by atoms with E-state index in [1.54, 1.807) is 10.9 Å². The van der Waals surface area contributed by atoms with E-state index >= 15 is 0 Å². The Bertz CT molecular complexity index is 319. The van der Waals surface area contributed by atoms with Crippen molar-refractivity contribution < 1.29 is 9.84 Å². The molecule has 1 fully saturated rings. The quantitative estimate of drug-likeness (QED) is 0.829. The molecule has 2 heterocycles. The molecule has 0 saturated carbocycles. The lowest BCUT2D eigenvalue weighted by molar-refractivity contribution is 0.0934. The highest BCUT2D eigenvalue weighted by molar-refractivity contribution is 5.03. The Balaban J connectivity index is 1.71. The van der Waals surface area contributed by atoms with Crippen LogP contribution < -0.4 is 0 Å². The summed E-state index contributed by atoms with van der Waals surface area (Å²) in [7, 11) is 1.86. The number of aromatic nitrogens is 2. The van der Waals surface area contributed by atoms with Crippen LogP contribution in [0.5, 0.6) is 0 Å². The standard InChI is InChI=1S/C12H20N2O2/c1-14-11(7-8-13-14)12(15)6-2-4-10-5-3-9-16-10/h7-8,10,12,15H,2-6,9H2,1H3. The summed E-state index contributed by atoms with van der Waals surface area (Å²) in [4.78, 5) is 0. The molecule has 0 bridgehead atoms. The molecular formula is C12H20N2O2. The van der Waals surface area contributed by atoms with Crippen LogP contribution in [0, 0.1) is 0 Å². The third-order valence-electron chi connectivity index (χ3n) is 3.23. The lowest BCUT2D eigenvalue weighted by Crippen LogP contribution is -2.08. The molecule has 2 rings (SSSR count). The predicted octanol–water partition coefficient (Wildman–Crippen LogP) is 1.80. The topological polar surface area (TPSA) is 47.3 Å². The first kappa shape index (κ1) is 11.6. The van der Waals surface area contributed by atoms with Gasteiger partial charge < -0.3 is 9.84 Å². The number of rotatable bonds is 5. The molecular weight excluding hydrogens is 204 g/mol. The van der Waals surface area contributed by atoms with Gasteiger partial charge in [0.25, 0.3) is 0 Å². The SMILES string of the molecule is Cn1nccc1C(O)CCCC1CCCO1. The molecule has 1 saturated heterocycles. The number of nitrogens with zero attached hydrogens (tertiary/aromatic N) is 2. The van der Waals surface area contributed by atoms with Crippen LogP contribution in [0.25, 0.3) is 0 Å². The first-order valence-corrected chi connectivity index (χ1v) is 6.05. The average molecular weight is 224 g/mol. The molecule has 1 aromatic heterocycles. The van der Waals surface area contributed by atoms with Gasteiger partial charge in [-0.1, -0.05) is 0 Å². The molecule has 1 aromatic rings. The highest BCUT2D eigenvalue weighted by atomic mass is 16.5. The zero-order valence-electron chi connectivity index (χ0n) is 9.80. The second-order valence-electron chi connectivity index (χ2n) is 4.46. The molecule has 1 aliphatic rings. The molecule has 2 unspecified atom stereocenters. The second kappa shape index (κ2) is 5.46. The van der Waals surface area contributed by atoms with Crippen LogP contribution in [0.4, 0.5) is 0 Å². The largest absolute Gasteiger partial charge is 0.387 e. The van der Waals surface area contributed by atoms with E-state index in [0.717, 1.165) is 31.6 Å². The molecule has 0 aromatic carbocycles. The summed E-state index contributed by atoms with van der Waals surface area (Å²) < 4.78 is 7.28. The van der Waals surface area contributed by atoms with E-state index in [1.165, 1.54) is 12.8 Å². The van der Waals surface area contributed by atoms with Gasteiger partial charge in [-0.2, -0.15) is 5.10 Å². The zero-order chi connectivity index (χ0) is 11.4. The first-order chi connectivity index (χ1) is 7.77. The highest BCUT2D eigenvalue weighted by Gasteiger charge is 2.16. The summed E-state index contributed by atoms with van der Waals surface area (Å²) in [6, 6.07) is 1.87. The van der Waals surface area contributed by atoms with Gasteiger partial charge >= 0.3 is 0 Å². The minimum atomic E-state index is -0.395. The minimum absolute atomic E-state index is 0.395. The molecule has 16 heavy (non-hydrogen) atoms. The molecule has 0 aliphatic carbocycles. The summed E-state index contributed by atoms with van der Waals surface area (Å²) in [5, 5.41) is 14.0. The van der Waals surface area contributed by atoms with Crippen molar-refractivity contribution >= 4 is 0 Å². The highest BCUT2D eigenvalue weighted by Crippen LogP contribution is 2.22. The van der Waals surface area contributed by atoms with Gasteiger partial charge in [-0.25, -0.2) is 0 Å². The Morgan fingerprint density at radius 2 is 2.56 bits per heavy atom. The van der Waals surface area contributed by atoms with Crippen molar-refractivity contribution in [2.45, 2.75) is 44.3 Å². The van der Waals surface area contributed by atoms with Gasteiger partial charge in [0.2, 0.25) is 0 Å². The van der Waals surface area contributed by atoms with Crippen molar-refractivity contribution in [2.24, 2.45) is 7.05 Å². The molecule has 4 heteroatoms. The number of ether oxygens (including phenoxy) is 1. The molecule has 1 N–H and O–H groups in total. The summed E-state index contributed by atoms with van der Waals surface area (Å²) in [5.41, 5.74) is 0.896. The van der Waals surface area contributed by atoms with E-state index in [1.807, 2.05) is 13.1 Å². The fourth-order valence-corrected chi connectivity index (χ4v) is 2.27. The van der Waals surface area contributed by atoms with E-state index in [9.17, 15) is 5.11 Å². The summed E-state index contributed by atoms with van der Waals surface area (Å²) >= 11 is 0. The summed E-state index contributed by atoms with van der Waals surface area (Å²) in [5.74, 6) is 0. The van der Waals surface area contributed by atoms with Gasteiger partial charge in [-0.15, -0.1) is 0 Å². The van der Waals surface area contributed by atoms with Crippen molar-refractivity contribution in [3.8, 4) is 0 Å². The number of hydrogen-bond donors (Lipinski definition) is 1. The summed E-state index contributed by atoms with van der Waals surface area (Å²) in [6.07, 6.45) is 6.99. The maximum absolute atomic E-state index is 9.96. The van der Waals surface area contributed by atoms with E-state index in [2.05, 4.69) is 5.10 Å². The Labute approximate surface area is 96.2 Å². The smallest absolute Gasteiger partial charge is 0.0956 e. The Morgan fingerprint density at radius 3 is 3.19 bits per heavy atom. The van der Waals surface area contributed by atoms with E-state index in [0.29, 0.717) is 6.10 Å². The lowest BCUT2D eigenvalue weighted by Gasteiger charge is -2.13. The molecule has 1 aliphatic heterocycles. The summed E-state index contributed by atoms with van der Waals surface area (Å²) in [6.45, 7) is 0.912. The Hall–Kier alpha value is -0.870. The number of aliphatic hydroxyl groups is 1. The maximum atomic E-state index is 9.96. The molecule has 0 radical (unpaired) electrons. The van der Waals surface area contributed by atoms with E-state index < -0.39 is 6.10 Å². The second-order valence-corrected chi connectivity index (χ2v) is 4.46. The van der Waals surface area contributed by atoms with Crippen LogP contribution in [0.2, 0.25) is 0 Å². The Morgan fingerprint density at radius 1 is 1.69 bits per heavy atom. The van der Waals surface area contributed by atoms with Crippen LogP contribution >= 0.6 is 0 Å². The van der Waals surface area contributed by atoms with Crippen molar-refractivity contribution in [1.82, 2.24) is 9.78 Å². The molecule has 90 valence electrons. The van der Waals surface area contributed by atoms with E-state index in [-0.39, 0.29) is 0 Å². The van der Waals surface area contributed by atoms with Crippen LogP contribution in [0.1, 0.15) is 43.9 Å². The first-order valence-electron chi connectivity index (χ1n) is 6.05. The van der Waals surface area contributed by atoms with E-state index in [4.69, 9.17) is 4.74 Å². The molecule has 0 amide bonds. The average Bonchev–Trinajstić information content (AvgIpc) is 2.88. The van der Waals surface area contributed by atoms with Gasteiger partial charge in [-0.05, 0) is 38.2 Å². The van der Waals surface area contributed by atoms with Gasteiger partial charge in [0.15, 0.2) is 0 Å². The van der Waals surface area contributed by atoms with Crippen LogP contribution in [-0.2, 0) is 11.8 Å². The van der Waals surface area contributed by atoms with Crippen molar-refractivity contribution in [2.75, 3.05) is 6.61 Å². The van der Waals surface area contributed by atoms with Crippen LogP contribution in [0.3, 0.4) is 0 Å². The normalized spacial score (nSPS) is 22.5. The van der Waals surface area contributed by atoms with Gasteiger partial charge in [0.1, 0.15) is 0 Å². The fraction of sp³-hybridized carbons (Fsp3) is 0.750. The predicted molar refractivity (Wildman–Crippen MR) is 61.0 cm³/mol. The third-order valence-corrected chi connectivity index (χ3v) is 3.23. The molecule has 2 atom stereocenters. The van der Waals surface area contributed by atoms with Gasteiger partial charge in [-0.3, -0.25) is 4.68 Å². The monoisotopic (exact) mass is 224 g/mol. The zero-order valence-corrected chi connectivity index (χ0v) is 9.80. The number of hydrogen-bond acceptors (Lipinski definition) is 3. The van der Waals surface area contributed by atoms with Crippen molar-refractivity contribution in [1.29, 1.82) is 0 Å². The Kier molecular flexibility index (Phi) is 3.96. The van der Waals surface area contributed by atoms with Crippen LogP contribution in [0.15, 0.2) is 12.3 Å². The maximum Gasteiger partial charge on any atom is 0.0956 e. The third kappa shape index (κ3) is 2.83.